The topological polar surface area (TPSA) is 18.5 Å². The van der Waals surface area contributed by atoms with Gasteiger partial charge in [0.25, 0.3) is 0 Å². The second kappa shape index (κ2) is 2.35. The van der Waals surface area contributed by atoms with Crippen LogP contribution in [0.2, 0.25) is 0 Å². The van der Waals surface area contributed by atoms with Crippen LogP contribution >= 0.6 is 11.6 Å². The van der Waals surface area contributed by atoms with E-state index >= 15 is 0 Å². The molecule has 1 aliphatic rings. The van der Waals surface area contributed by atoms with Crippen LogP contribution in [-0.4, -0.2) is 12.9 Å². The Balaban J connectivity index is 2.54. The van der Waals surface area contributed by atoms with Gasteiger partial charge in [-0.25, -0.2) is 0 Å². The van der Waals surface area contributed by atoms with Gasteiger partial charge < -0.3 is 9.31 Å². The molecule has 2 nitrogen and oxygen atoms in total. The molecule has 0 amide bonds. The van der Waals surface area contributed by atoms with Crippen molar-refractivity contribution in [3.8, 4) is 0 Å². The molecule has 0 aromatic carbocycles. The van der Waals surface area contributed by atoms with E-state index < -0.39 is 0 Å². The minimum atomic E-state index is -0.383. The van der Waals surface area contributed by atoms with E-state index in [1.807, 2.05) is 0 Å². The van der Waals surface area contributed by atoms with Gasteiger partial charge in [-0.05, 0) is 0 Å². The third kappa shape index (κ3) is 1.22. The van der Waals surface area contributed by atoms with Crippen molar-refractivity contribution in [2.24, 2.45) is 0 Å². The Morgan fingerprint density at radius 2 is 1.78 bits per heavy atom. The second-order valence-electron chi connectivity index (χ2n) is 1.67. The maximum Gasteiger partial charge on any atom is 0.610 e. The fourth-order valence-corrected chi connectivity index (χ4v) is 0.662. The molecule has 0 aromatic rings. The van der Waals surface area contributed by atoms with Crippen LogP contribution in [0.5, 0.6) is 0 Å². The van der Waals surface area contributed by atoms with Crippen LogP contribution in [0.25, 0.3) is 0 Å². The molecule has 0 bridgehead atoms. The standard InChI is InChI=1S/C5H6BClO2/c1-4-5(2)9-6(3-7)8-4/h1-3H2. The van der Waals surface area contributed by atoms with E-state index in [4.69, 9.17) is 20.9 Å². The molecule has 0 aliphatic carbocycles. The molecule has 9 heavy (non-hydrogen) atoms. The Kier molecular flexibility index (Phi) is 1.71. The second-order valence-corrected chi connectivity index (χ2v) is 1.97. The maximum atomic E-state index is 5.41. The normalized spacial score (nSPS) is 17.7. The third-order valence-corrected chi connectivity index (χ3v) is 1.24. The van der Waals surface area contributed by atoms with Gasteiger partial charge in [0.2, 0.25) is 0 Å². The van der Waals surface area contributed by atoms with E-state index in [0.29, 0.717) is 17.3 Å². The summed E-state index contributed by atoms with van der Waals surface area (Å²) in [5.41, 5.74) is 0. The van der Waals surface area contributed by atoms with Gasteiger partial charge in [-0.2, -0.15) is 0 Å². The monoisotopic (exact) mass is 144 g/mol. The molecule has 0 saturated carbocycles. The zero-order valence-electron chi connectivity index (χ0n) is 4.89. The Morgan fingerprint density at radius 3 is 2.00 bits per heavy atom. The number of hydrogen-bond donors (Lipinski definition) is 0. The highest BCUT2D eigenvalue weighted by atomic mass is 35.5. The first-order chi connectivity index (χ1) is 4.24. The molecule has 1 aliphatic heterocycles. The molecule has 1 fully saturated rings. The predicted octanol–water partition coefficient (Wildman–Crippen LogP) is 1.33. The van der Waals surface area contributed by atoms with Crippen LogP contribution in [0.15, 0.2) is 24.7 Å². The van der Waals surface area contributed by atoms with E-state index in [1.54, 1.807) is 0 Å². The SMILES string of the molecule is C=C1OB(CCl)OC1=C. The lowest BCUT2D eigenvalue weighted by Gasteiger charge is -1.94. The zero-order chi connectivity index (χ0) is 6.85. The first-order valence-corrected chi connectivity index (χ1v) is 3.05. The summed E-state index contributed by atoms with van der Waals surface area (Å²) in [5.74, 6) is 1.25. The van der Waals surface area contributed by atoms with Gasteiger partial charge in [0.05, 0.1) is 5.78 Å². The fraction of sp³-hybridized carbons (Fsp3) is 0.200. The molecular weight excluding hydrogens is 138 g/mol. The van der Waals surface area contributed by atoms with Crippen molar-refractivity contribution in [1.29, 1.82) is 0 Å². The van der Waals surface area contributed by atoms with Crippen molar-refractivity contribution < 1.29 is 9.31 Å². The summed E-state index contributed by atoms with van der Waals surface area (Å²) in [6.07, 6.45) is 0. The number of hydrogen-bond acceptors (Lipinski definition) is 2. The first-order valence-electron chi connectivity index (χ1n) is 2.51. The van der Waals surface area contributed by atoms with Gasteiger partial charge in [0, 0.05) is 0 Å². The molecule has 4 heteroatoms. The Hall–Kier alpha value is -0.565. The molecule has 1 rings (SSSR count). The van der Waals surface area contributed by atoms with Crippen LogP contribution in [0.3, 0.4) is 0 Å². The van der Waals surface area contributed by atoms with Gasteiger partial charge in [-0.1, -0.05) is 13.2 Å². The third-order valence-electron chi connectivity index (χ3n) is 0.984. The molecule has 1 saturated heterocycles. The lowest BCUT2D eigenvalue weighted by atomic mass is 9.96. The summed E-state index contributed by atoms with van der Waals surface area (Å²) in [6.45, 7) is 7.06. The van der Waals surface area contributed by atoms with Gasteiger partial charge in [0.1, 0.15) is 11.5 Å². The summed E-state index contributed by atoms with van der Waals surface area (Å²) in [6, 6.07) is 0. The lowest BCUT2D eigenvalue weighted by Crippen LogP contribution is -2.15. The molecule has 0 radical (unpaired) electrons. The average molecular weight is 144 g/mol. The van der Waals surface area contributed by atoms with Crippen LogP contribution in [0, 0.1) is 0 Å². The minimum absolute atomic E-state index is 0.304. The summed E-state index contributed by atoms with van der Waals surface area (Å²) in [7, 11) is -0.383. The van der Waals surface area contributed by atoms with Crippen molar-refractivity contribution >= 4 is 18.7 Å². The van der Waals surface area contributed by atoms with Crippen molar-refractivity contribution in [3.05, 3.63) is 24.7 Å². The largest absolute Gasteiger partial charge is 0.610 e. The number of halogens is 1. The van der Waals surface area contributed by atoms with Crippen molar-refractivity contribution in [2.45, 2.75) is 0 Å². The van der Waals surface area contributed by atoms with Crippen molar-refractivity contribution in [3.63, 3.8) is 0 Å². The molecule has 48 valence electrons. The first kappa shape index (κ1) is 6.55. The summed E-state index contributed by atoms with van der Waals surface area (Å²) < 4.78 is 9.95. The molecule has 0 N–H and O–H groups in total. The van der Waals surface area contributed by atoms with Crippen molar-refractivity contribution in [1.82, 2.24) is 0 Å². The van der Waals surface area contributed by atoms with E-state index in [0.717, 1.165) is 0 Å². The van der Waals surface area contributed by atoms with E-state index in [2.05, 4.69) is 13.2 Å². The Morgan fingerprint density at radius 1 is 1.33 bits per heavy atom. The maximum absolute atomic E-state index is 5.41. The zero-order valence-corrected chi connectivity index (χ0v) is 5.65. The number of rotatable bonds is 1. The van der Waals surface area contributed by atoms with Crippen LogP contribution in [-0.2, 0) is 9.31 Å². The highest BCUT2D eigenvalue weighted by molar-refractivity contribution is 6.57. The van der Waals surface area contributed by atoms with Crippen LogP contribution in [0.1, 0.15) is 0 Å². The molecule has 0 atom stereocenters. The number of alkyl halides is 1. The van der Waals surface area contributed by atoms with Crippen molar-refractivity contribution in [2.75, 3.05) is 5.78 Å². The average Bonchev–Trinajstić information content (AvgIpc) is 2.13. The molecule has 0 spiro atoms. The van der Waals surface area contributed by atoms with Gasteiger partial charge in [-0.15, -0.1) is 11.6 Å². The van der Waals surface area contributed by atoms with Crippen LogP contribution < -0.4 is 0 Å². The molecule has 0 aromatic heterocycles. The summed E-state index contributed by atoms with van der Waals surface area (Å²) >= 11 is 5.41. The fourth-order valence-electron chi connectivity index (χ4n) is 0.536. The molecule has 0 unspecified atom stereocenters. The summed E-state index contributed by atoms with van der Waals surface area (Å²) in [5, 5.41) is 0. The van der Waals surface area contributed by atoms with E-state index in [9.17, 15) is 0 Å². The van der Waals surface area contributed by atoms with E-state index in [-0.39, 0.29) is 7.12 Å². The minimum Gasteiger partial charge on any atom is -0.523 e. The summed E-state index contributed by atoms with van der Waals surface area (Å²) in [4.78, 5) is 0. The smallest absolute Gasteiger partial charge is 0.523 e. The highest BCUT2D eigenvalue weighted by Crippen LogP contribution is 2.20. The van der Waals surface area contributed by atoms with E-state index in [1.165, 1.54) is 0 Å². The lowest BCUT2D eigenvalue weighted by molar-refractivity contribution is 0.421. The predicted molar refractivity (Wildman–Crippen MR) is 36.9 cm³/mol. The Bertz CT molecular complexity index is 141. The Labute approximate surface area is 59.2 Å². The van der Waals surface area contributed by atoms with Crippen LogP contribution in [0.4, 0.5) is 0 Å². The molecular formula is C5H6BClO2. The van der Waals surface area contributed by atoms with Gasteiger partial charge >= 0.3 is 7.12 Å². The molecule has 1 heterocycles. The highest BCUT2D eigenvalue weighted by Gasteiger charge is 2.30. The van der Waals surface area contributed by atoms with Gasteiger partial charge in [-0.3, -0.25) is 0 Å². The quantitative estimate of drug-likeness (QED) is 0.408. The van der Waals surface area contributed by atoms with Gasteiger partial charge in [0.15, 0.2) is 0 Å².